The van der Waals surface area contributed by atoms with Crippen LogP contribution in [0.2, 0.25) is 0 Å². The molecule has 4 aliphatic rings. The largest absolute Gasteiger partial charge is 0.459 e. The summed E-state index contributed by atoms with van der Waals surface area (Å²) < 4.78 is 5.56. The molecule has 1 saturated heterocycles. The van der Waals surface area contributed by atoms with Gasteiger partial charge in [0.2, 0.25) is 0 Å². The molecule has 152 valence electrons. The lowest BCUT2D eigenvalue weighted by Gasteiger charge is -2.54. The van der Waals surface area contributed by atoms with Crippen LogP contribution in [-0.2, 0) is 9.53 Å². The van der Waals surface area contributed by atoms with Gasteiger partial charge >= 0.3 is 5.97 Å². The Morgan fingerprint density at radius 3 is 2.41 bits per heavy atom. The smallest absolute Gasteiger partial charge is 0.306 e. The molecule has 4 rings (SSSR count). The minimum absolute atomic E-state index is 0.0213. The standard InChI is InChI=1S/C20H30O7/c1-10-5-6-17(23)16(4)8-14(22)27-15(10)20(17,26)19(25)12(3)13(11(2)9-21)7-18(16,19)24/h10-11,15,21,23-26H,5-9H2,1-4H3/t10-,11+,15+,16-,17-,18+,19+,20+/m0/s1. The quantitative estimate of drug-likeness (QED) is 0.337. The van der Waals surface area contributed by atoms with E-state index in [9.17, 15) is 30.3 Å². The van der Waals surface area contributed by atoms with Crippen LogP contribution in [0.1, 0.15) is 53.4 Å². The Kier molecular flexibility index (Phi) is 3.67. The van der Waals surface area contributed by atoms with Crippen molar-refractivity contribution in [3.05, 3.63) is 11.1 Å². The van der Waals surface area contributed by atoms with E-state index in [1.54, 1.807) is 20.8 Å². The van der Waals surface area contributed by atoms with Gasteiger partial charge in [0.25, 0.3) is 0 Å². The minimum atomic E-state index is -2.24. The van der Waals surface area contributed by atoms with E-state index in [4.69, 9.17) is 4.74 Å². The third kappa shape index (κ3) is 1.63. The van der Waals surface area contributed by atoms with Crippen LogP contribution in [0.4, 0.5) is 0 Å². The normalized spacial score (nSPS) is 55.2. The first-order valence-electron chi connectivity index (χ1n) is 9.75. The highest BCUT2D eigenvalue weighted by Gasteiger charge is 2.92. The van der Waals surface area contributed by atoms with Crippen LogP contribution < -0.4 is 0 Å². The van der Waals surface area contributed by atoms with E-state index >= 15 is 0 Å². The SMILES string of the molecule is CC1=C([C@H](C)CO)C[C@@]2(O)[C@@]3(C)CC(=O)O[C@@H]4[C@@H](C)CC[C@@]3(O)[C@@]4(O)[C@@]12O. The molecule has 0 aromatic rings. The molecule has 0 unspecified atom stereocenters. The number of aliphatic hydroxyl groups excluding tert-OH is 1. The zero-order chi connectivity index (χ0) is 20.2. The van der Waals surface area contributed by atoms with Crippen molar-refractivity contribution in [1.29, 1.82) is 0 Å². The molecule has 0 aromatic carbocycles. The first kappa shape index (κ1) is 19.3. The van der Waals surface area contributed by atoms with Crippen molar-refractivity contribution in [1.82, 2.24) is 0 Å². The molecule has 1 aliphatic heterocycles. The highest BCUT2D eigenvalue weighted by atomic mass is 16.6. The lowest BCUT2D eigenvalue weighted by molar-refractivity contribution is -0.283. The van der Waals surface area contributed by atoms with Crippen molar-refractivity contribution in [2.75, 3.05) is 6.61 Å². The molecule has 3 fully saturated rings. The van der Waals surface area contributed by atoms with Crippen LogP contribution in [0.15, 0.2) is 11.1 Å². The van der Waals surface area contributed by atoms with E-state index in [1.165, 1.54) is 0 Å². The lowest BCUT2D eigenvalue weighted by Crippen LogP contribution is -2.74. The van der Waals surface area contributed by atoms with Crippen molar-refractivity contribution < 1.29 is 35.1 Å². The summed E-state index contributed by atoms with van der Waals surface area (Å²) in [6.45, 7) is 6.61. The van der Waals surface area contributed by atoms with Crippen LogP contribution in [0, 0.1) is 17.3 Å². The Morgan fingerprint density at radius 2 is 1.81 bits per heavy atom. The van der Waals surface area contributed by atoms with Gasteiger partial charge in [-0.1, -0.05) is 26.3 Å². The van der Waals surface area contributed by atoms with Crippen LogP contribution in [0.3, 0.4) is 0 Å². The molecule has 2 saturated carbocycles. The topological polar surface area (TPSA) is 127 Å². The van der Waals surface area contributed by atoms with Crippen LogP contribution in [-0.4, -0.2) is 66.6 Å². The van der Waals surface area contributed by atoms with Gasteiger partial charge in [-0.2, -0.15) is 0 Å². The molecule has 27 heavy (non-hydrogen) atoms. The zero-order valence-electron chi connectivity index (χ0n) is 16.3. The number of rotatable bonds is 2. The Balaban J connectivity index is 2.07. The maximum Gasteiger partial charge on any atom is 0.306 e. The first-order valence-corrected chi connectivity index (χ1v) is 9.75. The van der Waals surface area contributed by atoms with Gasteiger partial charge in [-0.25, -0.2) is 0 Å². The number of carbonyl (C=O) groups is 1. The molecule has 0 radical (unpaired) electrons. The van der Waals surface area contributed by atoms with Crippen LogP contribution in [0.25, 0.3) is 0 Å². The second-order valence-corrected chi connectivity index (χ2v) is 9.54. The summed E-state index contributed by atoms with van der Waals surface area (Å²) >= 11 is 0. The fourth-order valence-electron chi connectivity index (χ4n) is 6.86. The molecule has 5 N–H and O–H groups in total. The monoisotopic (exact) mass is 382 g/mol. The first-order chi connectivity index (χ1) is 12.4. The van der Waals surface area contributed by atoms with E-state index in [0.717, 1.165) is 0 Å². The Bertz CT molecular complexity index is 749. The van der Waals surface area contributed by atoms with E-state index < -0.39 is 39.9 Å². The van der Waals surface area contributed by atoms with Crippen LogP contribution in [0.5, 0.6) is 0 Å². The number of carbonyl (C=O) groups excluding carboxylic acids is 1. The third-order valence-electron chi connectivity index (χ3n) is 8.59. The summed E-state index contributed by atoms with van der Waals surface area (Å²) in [5.74, 6) is -1.22. The van der Waals surface area contributed by atoms with E-state index in [1.807, 2.05) is 6.92 Å². The van der Waals surface area contributed by atoms with Crippen molar-refractivity contribution >= 4 is 5.97 Å². The molecular formula is C20H30O7. The maximum absolute atomic E-state index is 12.5. The summed E-state index contributed by atoms with van der Waals surface area (Å²) in [7, 11) is 0. The number of esters is 1. The number of fused-ring (bicyclic) bond motifs is 2. The van der Waals surface area contributed by atoms with Gasteiger partial charge in [0.1, 0.15) is 17.3 Å². The van der Waals surface area contributed by atoms with Crippen molar-refractivity contribution in [3.63, 3.8) is 0 Å². The fraction of sp³-hybridized carbons (Fsp3) is 0.850. The summed E-state index contributed by atoms with van der Waals surface area (Å²) in [5, 5.41) is 57.3. The van der Waals surface area contributed by atoms with Crippen molar-refractivity contribution in [3.8, 4) is 0 Å². The molecule has 1 heterocycles. The third-order valence-corrected chi connectivity index (χ3v) is 8.59. The summed E-state index contributed by atoms with van der Waals surface area (Å²) in [4.78, 5) is 12.5. The zero-order valence-corrected chi connectivity index (χ0v) is 16.3. The summed E-state index contributed by atoms with van der Waals surface area (Å²) in [5.41, 5.74) is -8.76. The minimum Gasteiger partial charge on any atom is -0.459 e. The van der Waals surface area contributed by atoms with Gasteiger partial charge in [-0.3, -0.25) is 4.79 Å². The second kappa shape index (κ2) is 5.13. The lowest BCUT2D eigenvalue weighted by atomic mass is 9.57. The van der Waals surface area contributed by atoms with Gasteiger partial charge < -0.3 is 30.3 Å². The molecule has 3 aliphatic carbocycles. The fourth-order valence-corrected chi connectivity index (χ4v) is 6.86. The maximum atomic E-state index is 12.5. The predicted octanol–water partition coefficient (Wildman–Crippen LogP) is 0.0247. The Morgan fingerprint density at radius 1 is 1.19 bits per heavy atom. The number of aliphatic hydroxyl groups is 5. The van der Waals surface area contributed by atoms with Gasteiger partial charge in [0.15, 0.2) is 11.2 Å². The Labute approximate surface area is 158 Å². The van der Waals surface area contributed by atoms with E-state index in [2.05, 4.69) is 0 Å². The second-order valence-electron chi connectivity index (χ2n) is 9.54. The molecule has 4 bridgehead atoms. The predicted molar refractivity (Wildman–Crippen MR) is 94.4 cm³/mol. The summed E-state index contributed by atoms with van der Waals surface area (Å²) in [6, 6.07) is 0. The average Bonchev–Trinajstić information content (AvgIpc) is 2.85. The number of hydrogen-bond donors (Lipinski definition) is 5. The number of ether oxygens (including phenoxy) is 1. The number of hydrogen-bond acceptors (Lipinski definition) is 7. The van der Waals surface area contributed by atoms with Gasteiger partial charge in [0.05, 0.1) is 6.42 Å². The van der Waals surface area contributed by atoms with Gasteiger partial charge in [0, 0.05) is 24.4 Å². The average molecular weight is 382 g/mol. The van der Waals surface area contributed by atoms with Crippen molar-refractivity contribution in [2.24, 2.45) is 17.3 Å². The highest BCUT2D eigenvalue weighted by Crippen LogP contribution is 2.75. The van der Waals surface area contributed by atoms with Crippen molar-refractivity contribution in [2.45, 2.75) is 81.9 Å². The molecule has 0 amide bonds. The molecule has 8 atom stereocenters. The molecule has 0 spiro atoms. The van der Waals surface area contributed by atoms with Gasteiger partial charge in [-0.15, -0.1) is 0 Å². The van der Waals surface area contributed by atoms with Gasteiger partial charge in [-0.05, 0) is 31.3 Å². The van der Waals surface area contributed by atoms with E-state index in [-0.39, 0.29) is 37.7 Å². The van der Waals surface area contributed by atoms with E-state index in [0.29, 0.717) is 17.6 Å². The molecular weight excluding hydrogens is 352 g/mol. The molecule has 0 aromatic heterocycles. The Hall–Kier alpha value is -0.990. The molecule has 7 heteroatoms. The van der Waals surface area contributed by atoms with Crippen LogP contribution >= 0.6 is 0 Å². The summed E-state index contributed by atoms with van der Waals surface area (Å²) in [6.07, 6.45) is -0.810. The molecule has 7 nitrogen and oxygen atoms in total. The highest BCUT2D eigenvalue weighted by molar-refractivity contribution is 5.74.